The van der Waals surface area contributed by atoms with E-state index < -0.39 is 12.1 Å². The smallest absolute Gasteiger partial charge is 0.405 e. The predicted molar refractivity (Wildman–Crippen MR) is 73.0 cm³/mol. The first-order valence-corrected chi connectivity index (χ1v) is 6.22. The molecule has 2 N–H and O–H groups in total. The summed E-state index contributed by atoms with van der Waals surface area (Å²) >= 11 is 11.8. The van der Waals surface area contributed by atoms with Crippen molar-refractivity contribution in [3.8, 4) is 0 Å². The minimum absolute atomic E-state index is 0.269. The minimum Gasteiger partial charge on any atom is -0.465 e. The highest BCUT2D eigenvalue weighted by molar-refractivity contribution is 6.36. The van der Waals surface area contributed by atoms with Crippen LogP contribution in [0, 0.1) is 0 Å². The van der Waals surface area contributed by atoms with Gasteiger partial charge in [0.25, 0.3) is 0 Å². The molecule has 0 aliphatic rings. The van der Waals surface area contributed by atoms with E-state index in [9.17, 15) is 4.79 Å². The average molecular weight is 306 g/mol. The molecule has 0 saturated carbocycles. The van der Waals surface area contributed by atoms with E-state index in [1.165, 1.54) is 12.3 Å². The molecule has 1 heterocycles. The number of nitrogens with one attached hydrogen (secondary N) is 1. The molecule has 0 unspecified atom stereocenters. The van der Waals surface area contributed by atoms with Crippen LogP contribution in [-0.2, 0) is 4.84 Å². The van der Waals surface area contributed by atoms with Gasteiger partial charge in [-0.15, -0.1) is 0 Å². The maximum atomic E-state index is 10.7. The first kappa shape index (κ1) is 15.5. The highest BCUT2D eigenvalue weighted by atomic mass is 35.5. The van der Waals surface area contributed by atoms with Crippen LogP contribution in [0.5, 0.6) is 0 Å². The van der Waals surface area contributed by atoms with E-state index in [0.29, 0.717) is 17.3 Å². The van der Waals surface area contributed by atoms with Crippen LogP contribution in [0.25, 0.3) is 0 Å². The Kier molecular flexibility index (Phi) is 5.85. The van der Waals surface area contributed by atoms with Gasteiger partial charge in [-0.05, 0) is 19.9 Å². The summed E-state index contributed by atoms with van der Waals surface area (Å²) in [6.45, 7) is 3.71. The van der Waals surface area contributed by atoms with E-state index in [-0.39, 0.29) is 10.7 Å². The van der Waals surface area contributed by atoms with Crippen molar-refractivity contribution in [1.29, 1.82) is 0 Å². The highest BCUT2D eigenvalue weighted by Crippen LogP contribution is 2.20. The second-order valence-corrected chi connectivity index (χ2v) is 4.39. The van der Waals surface area contributed by atoms with Gasteiger partial charge in [0.15, 0.2) is 0 Å². The lowest BCUT2D eigenvalue weighted by Gasteiger charge is -2.14. The van der Waals surface area contributed by atoms with E-state index in [4.69, 9.17) is 33.1 Å². The van der Waals surface area contributed by atoms with Crippen LogP contribution < -0.4 is 5.32 Å². The molecule has 1 amide bonds. The Morgan fingerprint density at radius 1 is 1.63 bits per heavy atom. The lowest BCUT2D eigenvalue weighted by molar-refractivity contribution is 0.157. The molecule has 0 aliphatic heterocycles. The molecule has 8 heteroatoms. The Bertz CT molecular complexity index is 494. The number of hydrogen-bond acceptors (Lipinski definition) is 4. The molecule has 0 saturated heterocycles. The van der Waals surface area contributed by atoms with Gasteiger partial charge in [-0.3, -0.25) is 4.98 Å². The number of rotatable bonds is 5. The predicted octanol–water partition coefficient (Wildman–Crippen LogP) is 2.79. The SMILES string of the molecule is CCON=C(c1ncc(Cl)cc1Cl)[C@H](C)NC(=O)O. The summed E-state index contributed by atoms with van der Waals surface area (Å²) < 4.78 is 0. The quantitative estimate of drug-likeness (QED) is 0.647. The third-order valence-corrected chi connectivity index (χ3v) is 2.59. The van der Waals surface area contributed by atoms with Crippen molar-refractivity contribution in [3.05, 3.63) is 28.0 Å². The van der Waals surface area contributed by atoms with Crippen LogP contribution in [0.15, 0.2) is 17.4 Å². The van der Waals surface area contributed by atoms with Crippen molar-refractivity contribution in [3.63, 3.8) is 0 Å². The largest absolute Gasteiger partial charge is 0.465 e. The summed E-state index contributed by atoms with van der Waals surface area (Å²) in [6.07, 6.45) is 0.222. The van der Waals surface area contributed by atoms with Crippen molar-refractivity contribution in [2.75, 3.05) is 6.61 Å². The zero-order valence-electron chi connectivity index (χ0n) is 10.4. The fourth-order valence-electron chi connectivity index (χ4n) is 1.32. The maximum Gasteiger partial charge on any atom is 0.405 e. The highest BCUT2D eigenvalue weighted by Gasteiger charge is 2.20. The van der Waals surface area contributed by atoms with E-state index in [1.54, 1.807) is 13.8 Å². The fraction of sp³-hybridized carbons (Fsp3) is 0.364. The molecule has 0 spiro atoms. The molecule has 0 bridgehead atoms. The van der Waals surface area contributed by atoms with Gasteiger partial charge >= 0.3 is 6.09 Å². The van der Waals surface area contributed by atoms with Gasteiger partial charge in [-0.1, -0.05) is 28.4 Å². The van der Waals surface area contributed by atoms with Gasteiger partial charge in [-0.25, -0.2) is 4.79 Å². The fourth-order valence-corrected chi connectivity index (χ4v) is 1.79. The van der Waals surface area contributed by atoms with Crippen LogP contribution in [0.2, 0.25) is 10.0 Å². The number of amides is 1. The van der Waals surface area contributed by atoms with Crippen LogP contribution in [-0.4, -0.2) is 34.5 Å². The molecular weight excluding hydrogens is 293 g/mol. The first-order valence-electron chi connectivity index (χ1n) is 5.46. The van der Waals surface area contributed by atoms with Crippen LogP contribution in [0.3, 0.4) is 0 Å². The molecule has 1 aromatic heterocycles. The third kappa shape index (κ3) is 4.57. The maximum absolute atomic E-state index is 10.7. The van der Waals surface area contributed by atoms with Gasteiger partial charge in [0.05, 0.1) is 16.1 Å². The normalized spacial score (nSPS) is 12.9. The van der Waals surface area contributed by atoms with Gasteiger partial charge in [0.2, 0.25) is 0 Å². The summed E-state index contributed by atoms with van der Waals surface area (Å²) in [4.78, 5) is 19.7. The second kappa shape index (κ2) is 7.16. The minimum atomic E-state index is -1.18. The lowest BCUT2D eigenvalue weighted by Crippen LogP contribution is -2.38. The first-order chi connectivity index (χ1) is 8.95. The zero-order valence-corrected chi connectivity index (χ0v) is 11.9. The lowest BCUT2D eigenvalue weighted by atomic mass is 10.1. The topological polar surface area (TPSA) is 83.8 Å². The Balaban J connectivity index is 3.12. The van der Waals surface area contributed by atoms with Gasteiger partial charge in [0, 0.05) is 6.20 Å². The molecule has 0 fully saturated rings. The molecule has 0 radical (unpaired) electrons. The molecule has 0 aromatic carbocycles. The zero-order chi connectivity index (χ0) is 14.4. The molecule has 104 valence electrons. The molecule has 1 aromatic rings. The van der Waals surface area contributed by atoms with Crippen molar-refractivity contribution < 1.29 is 14.7 Å². The molecule has 1 atom stereocenters. The van der Waals surface area contributed by atoms with Gasteiger partial charge in [-0.2, -0.15) is 0 Å². The average Bonchev–Trinajstić information content (AvgIpc) is 2.31. The molecule has 6 nitrogen and oxygen atoms in total. The number of carboxylic acid groups (broad SMARTS) is 1. The van der Waals surface area contributed by atoms with Crippen molar-refractivity contribution in [2.24, 2.45) is 5.16 Å². The van der Waals surface area contributed by atoms with Gasteiger partial charge < -0.3 is 15.3 Å². The standard InChI is InChI=1S/C11H13Cl2N3O3/c1-3-19-16-9(6(2)15-11(17)18)10-8(13)4-7(12)5-14-10/h4-6,15H,3H2,1-2H3,(H,17,18)/t6-/m0/s1. The molecular formula is C11H13Cl2N3O3. The van der Waals surface area contributed by atoms with Crippen molar-refractivity contribution in [1.82, 2.24) is 10.3 Å². The number of halogens is 2. The van der Waals surface area contributed by atoms with E-state index in [2.05, 4.69) is 15.5 Å². The molecule has 1 rings (SSSR count). The number of nitrogens with zero attached hydrogens (tertiary/aromatic N) is 2. The monoisotopic (exact) mass is 305 g/mol. The van der Waals surface area contributed by atoms with Crippen molar-refractivity contribution in [2.45, 2.75) is 19.9 Å². The Morgan fingerprint density at radius 3 is 2.84 bits per heavy atom. The number of aromatic nitrogens is 1. The number of hydrogen-bond donors (Lipinski definition) is 2. The van der Waals surface area contributed by atoms with Gasteiger partial charge in [0.1, 0.15) is 18.0 Å². The summed E-state index contributed by atoms with van der Waals surface area (Å²) in [5, 5.41) is 15.5. The number of oxime groups is 1. The summed E-state index contributed by atoms with van der Waals surface area (Å²) in [5.74, 6) is 0. The summed E-state index contributed by atoms with van der Waals surface area (Å²) in [6, 6.07) is 0.871. The Hall–Kier alpha value is -1.53. The number of carbonyl (C=O) groups is 1. The molecule has 19 heavy (non-hydrogen) atoms. The third-order valence-electron chi connectivity index (χ3n) is 2.09. The Morgan fingerprint density at radius 2 is 2.32 bits per heavy atom. The molecule has 0 aliphatic carbocycles. The van der Waals surface area contributed by atoms with Crippen molar-refractivity contribution >= 4 is 35.0 Å². The Labute approximate surface area is 120 Å². The van der Waals surface area contributed by atoms with E-state index in [0.717, 1.165) is 0 Å². The van der Waals surface area contributed by atoms with Crippen LogP contribution in [0.4, 0.5) is 4.79 Å². The van der Waals surface area contributed by atoms with E-state index >= 15 is 0 Å². The summed E-state index contributed by atoms with van der Waals surface area (Å²) in [5.41, 5.74) is 0.603. The second-order valence-electron chi connectivity index (χ2n) is 3.55. The van der Waals surface area contributed by atoms with Crippen LogP contribution >= 0.6 is 23.2 Å². The summed E-state index contributed by atoms with van der Waals surface area (Å²) in [7, 11) is 0. The number of pyridine rings is 1. The van der Waals surface area contributed by atoms with Crippen LogP contribution in [0.1, 0.15) is 19.5 Å². The van der Waals surface area contributed by atoms with E-state index in [1.807, 2.05) is 0 Å².